The molecule has 0 atom stereocenters. The van der Waals surface area contributed by atoms with E-state index in [0.29, 0.717) is 12.5 Å². The lowest BCUT2D eigenvalue weighted by atomic mass is 10.2. The van der Waals surface area contributed by atoms with E-state index in [2.05, 4.69) is 10.5 Å². The Hall–Kier alpha value is -1.75. The number of hydrazone groups is 1. The van der Waals surface area contributed by atoms with Gasteiger partial charge in [-0.2, -0.15) is 5.10 Å². The van der Waals surface area contributed by atoms with Crippen LogP contribution in [-0.4, -0.2) is 24.7 Å². The van der Waals surface area contributed by atoms with Crippen molar-refractivity contribution in [1.29, 1.82) is 0 Å². The van der Waals surface area contributed by atoms with E-state index in [0.717, 1.165) is 17.7 Å². The molecule has 2 amide bonds. The smallest absolute Gasteiger partial charge is 0.332 e. The number of carbonyl (C=O) groups is 1. The van der Waals surface area contributed by atoms with Gasteiger partial charge in [0.1, 0.15) is 5.75 Å². The summed E-state index contributed by atoms with van der Waals surface area (Å²) < 4.78 is 5.43. The summed E-state index contributed by atoms with van der Waals surface area (Å²) in [5.41, 5.74) is 7.80. The molecule has 92 valence electrons. The molecule has 1 rings (SSSR count). The molecule has 0 saturated carbocycles. The molecule has 0 aliphatic rings. The number of urea groups is 1. The number of amides is 2. The van der Waals surface area contributed by atoms with Crippen LogP contribution >= 0.6 is 11.6 Å². The lowest BCUT2D eigenvalue weighted by molar-refractivity contribution is 0.249. The number of nitrogens with two attached hydrogens (primary N) is 1. The molecule has 0 bridgehead atoms. The van der Waals surface area contributed by atoms with Gasteiger partial charge in [0.25, 0.3) is 0 Å². The average Bonchev–Trinajstić information content (AvgIpc) is 2.31. The number of benzene rings is 1. The van der Waals surface area contributed by atoms with E-state index >= 15 is 0 Å². The molecule has 0 aliphatic heterocycles. The van der Waals surface area contributed by atoms with Gasteiger partial charge in [-0.1, -0.05) is 0 Å². The Balaban J connectivity index is 2.44. The second-order valence-electron chi connectivity index (χ2n) is 3.19. The molecular weight excluding hydrogens is 242 g/mol. The van der Waals surface area contributed by atoms with Crippen molar-refractivity contribution in [2.45, 2.75) is 6.42 Å². The maximum atomic E-state index is 10.4. The van der Waals surface area contributed by atoms with E-state index in [1.807, 2.05) is 24.3 Å². The molecule has 0 aliphatic carbocycles. The van der Waals surface area contributed by atoms with Gasteiger partial charge in [-0.25, -0.2) is 10.2 Å². The number of nitrogens with zero attached hydrogens (tertiary/aromatic N) is 1. The van der Waals surface area contributed by atoms with E-state index in [1.54, 1.807) is 0 Å². The Morgan fingerprint density at radius 2 is 2.18 bits per heavy atom. The lowest BCUT2D eigenvalue weighted by Crippen LogP contribution is -2.24. The van der Waals surface area contributed by atoms with Crippen molar-refractivity contribution in [1.82, 2.24) is 5.43 Å². The minimum atomic E-state index is -0.692. The summed E-state index contributed by atoms with van der Waals surface area (Å²) in [4.78, 5) is 10.4. The van der Waals surface area contributed by atoms with Crippen LogP contribution in [0.5, 0.6) is 5.75 Å². The van der Waals surface area contributed by atoms with Gasteiger partial charge < -0.3 is 10.5 Å². The van der Waals surface area contributed by atoms with Crippen LogP contribution in [0.4, 0.5) is 4.79 Å². The average molecular weight is 256 g/mol. The minimum Gasteiger partial charge on any atom is -0.494 e. The maximum Gasteiger partial charge on any atom is 0.332 e. The zero-order valence-electron chi connectivity index (χ0n) is 9.23. The SMILES string of the molecule is NC(=O)NN=Cc1ccc(OCCCCl)cc1. The molecule has 0 heterocycles. The first kappa shape index (κ1) is 13.3. The third kappa shape index (κ3) is 5.77. The van der Waals surface area contributed by atoms with E-state index in [9.17, 15) is 4.79 Å². The van der Waals surface area contributed by atoms with Crippen molar-refractivity contribution in [3.63, 3.8) is 0 Å². The number of carbonyl (C=O) groups excluding carboxylic acids is 1. The Bertz CT molecular complexity index is 379. The number of halogens is 1. The Kier molecular flexibility index (Phi) is 5.88. The first-order chi connectivity index (χ1) is 8.22. The third-order valence-corrected chi connectivity index (χ3v) is 2.08. The summed E-state index contributed by atoms with van der Waals surface area (Å²) in [6, 6.07) is 6.59. The standard InChI is InChI=1S/C11H14ClN3O2/c12-6-1-7-17-10-4-2-9(3-5-10)8-14-15-11(13)16/h2-5,8H,1,6-7H2,(H3,13,15,16). The maximum absolute atomic E-state index is 10.4. The summed E-state index contributed by atoms with van der Waals surface area (Å²) in [5, 5.41) is 3.64. The molecule has 0 radical (unpaired) electrons. The number of hydrogen-bond donors (Lipinski definition) is 2. The van der Waals surface area contributed by atoms with Gasteiger partial charge >= 0.3 is 6.03 Å². The zero-order valence-corrected chi connectivity index (χ0v) is 9.98. The third-order valence-electron chi connectivity index (χ3n) is 1.82. The van der Waals surface area contributed by atoms with Crippen molar-refractivity contribution >= 4 is 23.8 Å². The van der Waals surface area contributed by atoms with Crippen LogP contribution in [0.2, 0.25) is 0 Å². The largest absolute Gasteiger partial charge is 0.494 e. The van der Waals surface area contributed by atoms with E-state index in [4.69, 9.17) is 22.1 Å². The first-order valence-electron chi connectivity index (χ1n) is 5.09. The Morgan fingerprint density at radius 3 is 2.76 bits per heavy atom. The summed E-state index contributed by atoms with van der Waals surface area (Å²) in [5.74, 6) is 1.36. The van der Waals surface area contributed by atoms with Crippen molar-refractivity contribution in [2.75, 3.05) is 12.5 Å². The summed E-state index contributed by atoms with van der Waals surface area (Å²) >= 11 is 5.53. The molecule has 0 unspecified atom stereocenters. The molecule has 6 heteroatoms. The van der Waals surface area contributed by atoms with Gasteiger partial charge in [-0.15, -0.1) is 11.6 Å². The lowest BCUT2D eigenvalue weighted by Gasteiger charge is -2.04. The van der Waals surface area contributed by atoms with Crippen LogP contribution in [0.15, 0.2) is 29.4 Å². The highest BCUT2D eigenvalue weighted by Gasteiger charge is 1.94. The molecular formula is C11H14ClN3O2. The van der Waals surface area contributed by atoms with E-state index in [-0.39, 0.29) is 0 Å². The minimum absolute atomic E-state index is 0.587. The van der Waals surface area contributed by atoms with Crippen molar-refractivity contribution in [3.8, 4) is 5.75 Å². The topological polar surface area (TPSA) is 76.7 Å². The number of hydrogen-bond acceptors (Lipinski definition) is 3. The van der Waals surface area contributed by atoms with Gasteiger partial charge in [-0.05, 0) is 36.2 Å². The van der Waals surface area contributed by atoms with Gasteiger partial charge in [0, 0.05) is 5.88 Å². The summed E-state index contributed by atoms with van der Waals surface area (Å²) in [6.07, 6.45) is 2.31. The van der Waals surface area contributed by atoms with Crippen LogP contribution < -0.4 is 15.9 Å². The highest BCUT2D eigenvalue weighted by molar-refractivity contribution is 6.17. The predicted octanol–water partition coefficient (Wildman–Crippen LogP) is 1.70. The monoisotopic (exact) mass is 255 g/mol. The molecule has 0 saturated heterocycles. The van der Waals surface area contributed by atoms with Gasteiger partial charge in [0.15, 0.2) is 0 Å². The first-order valence-corrected chi connectivity index (χ1v) is 5.63. The summed E-state index contributed by atoms with van der Waals surface area (Å²) in [7, 11) is 0. The molecule has 0 aromatic heterocycles. The summed E-state index contributed by atoms with van der Waals surface area (Å²) in [6.45, 7) is 0.597. The fourth-order valence-corrected chi connectivity index (χ4v) is 1.17. The van der Waals surface area contributed by atoms with Crippen molar-refractivity contribution in [3.05, 3.63) is 29.8 Å². The number of nitrogens with one attached hydrogen (secondary N) is 1. The highest BCUT2D eigenvalue weighted by atomic mass is 35.5. The van der Waals surface area contributed by atoms with Crippen molar-refractivity contribution < 1.29 is 9.53 Å². The number of rotatable bonds is 6. The number of alkyl halides is 1. The molecule has 17 heavy (non-hydrogen) atoms. The fraction of sp³-hybridized carbons (Fsp3) is 0.273. The van der Waals surface area contributed by atoms with Crippen LogP contribution in [0.1, 0.15) is 12.0 Å². The van der Waals surface area contributed by atoms with Crippen LogP contribution in [0.25, 0.3) is 0 Å². The van der Waals surface area contributed by atoms with Crippen LogP contribution in [0.3, 0.4) is 0 Å². The Labute approximate surface area is 105 Å². The fourth-order valence-electron chi connectivity index (χ4n) is 1.07. The van der Waals surface area contributed by atoms with Crippen LogP contribution in [-0.2, 0) is 0 Å². The zero-order chi connectivity index (χ0) is 12.5. The van der Waals surface area contributed by atoms with Gasteiger partial charge in [-0.3, -0.25) is 0 Å². The predicted molar refractivity (Wildman–Crippen MR) is 67.6 cm³/mol. The molecule has 3 N–H and O–H groups in total. The van der Waals surface area contributed by atoms with E-state index in [1.165, 1.54) is 6.21 Å². The quantitative estimate of drug-likeness (QED) is 0.351. The van der Waals surface area contributed by atoms with E-state index < -0.39 is 6.03 Å². The normalized spacial score (nSPS) is 10.4. The van der Waals surface area contributed by atoms with Gasteiger partial charge in [0.05, 0.1) is 12.8 Å². The molecule has 1 aromatic rings. The molecule has 0 fully saturated rings. The van der Waals surface area contributed by atoms with Crippen molar-refractivity contribution in [2.24, 2.45) is 10.8 Å². The number of ether oxygens (including phenoxy) is 1. The second-order valence-corrected chi connectivity index (χ2v) is 3.57. The molecule has 1 aromatic carbocycles. The molecule has 0 spiro atoms. The number of primary amides is 1. The van der Waals surface area contributed by atoms with Crippen LogP contribution in [0, 0.1) is 0 Å². The van der Waals surface area contributed by atoms with Gasteiger partial charge in [0.2, 0.25) is 0 Å². The Morgan fingerprint density at radius 1 is 1.47 bits per heavy atom. The second kappa shape index (κ2) is 7.51. The highest BCUT2D eigenvalue weighted by Crippen LogP contribution is 2.11. The molecule has 5 nitrogen and oxygen atoms in total.